The molecular weight excluding hydrogens is 295 g/mol. The zero-order valence-corrected chi connectivity index (χ0v) is 12.3. The number of hydrogen-bond donors (Lipinski definition) is 1. The molecule has 1 unspecified atom stereocenters. The highest BCUT2D eigenvalue weighted by Crippen LogP contribution is 2.22. The van der Waals surface area contributed by atoms with Crippen molar-refractivity contribution in [1.82, 2.24) is 9.88 Å². The lowest BCUT2D eigenvalue weighted by molar-refractivity contribution is 0.0743. The number of carbonyl (C=O) groups is 1. The van der Waals surface area contributed by atoms with Gasteiger partial charge in [0.25, 0.3) is 5.91 Å². The zero-order valence-electron chi connectivity index (χ0n) is 11.5. The Kier molecular flexibility index (Phi) is 3.24. The van der Waals surface area contributed by atoms with Crippen molar-refractivity contribution in [2.45, 2.75) is 12.5 Å². The molecule has 0 bridgehead atoms. The van der Waals surface area contributed by atoms with E-state index >= 15 is 0 Å². The number of halogens is 1. The Morgan fingerprint density at radius 1 is 1.43 bits per heavy atom. The van der Waals surface area contributed by atoms with Gasteiger partial charge in [-0.25, -0.2) is 12.8 Å². The molecule has 1 amide bonds. The van der Waals surface area contributed by atoms with Crippen LogP contribution in [0.15, 0.2) is 24.3 Å². The minimum atomic E-state index is -3.05. The van der Waals surface area contributed by atoms with E-state index in [-0.39, 0.29) is 29.1 Å². The number of benzene rings is 1. The number of nitrogens with zero attached hydrogens (tertiary/aromatic N) is 1. The van der Waals surface area contributed by atoms with E-state index in [4.69, 9.17) is 0 Å². The predicted molar refractivity (Wildman–Crippen MR) is 77.4 cm³/mol. The molecule has 1 saturated heterocycles. The summed E-state index contributed by atoms with van der Waals surface area (Å²) in [6.45, 7) is 0. The third kappa shape index (κ3) is 2.53. The largest absolute Gasteiger partial charge is 0.350 e. The van der Waals surface area contributed by atoms with Crippen molar-refractivity contribution in [3.8, 4) is 0 Å². The molecule has 1 N–H and O–H groups in total. The topological polar surface area (TPSA) is 70.2 Å². The number of aromatic amines is 1. The smallest absolute Gasteiger partial charge is 0.270 e. The first-order valence-electron chi connectivity index (χ1n) is 6.62. The van der Waals surface area contributed by atoms with E-state index in [2.05, 4.69) is 4.98 Å². The molecule has 2 heterocycles. The summed E-state index contributed by atoms with van der Waals surface area (Å²) in [5.41, 5.74) is 0.813. The normalized spacial score (nSPS) is 20.8. The van der Waals surface area contributed by atoms with Crippen LogP contribution in [0.1, 0.15) is 16.9 Å². The molecular formula is C14H15FN2O3S. The molecule has 21 heavy (non-hydrogen) atoms. The summed E-state index contributed by atoms with van der Waals surface area (Å²) in [4.78, 5) is 16.7. The maximum absolute atomic E-state index is 13.6. The zero-order chi connectivity index (χ0) is 15.2. The van der Waals surface area contributed by atoms with E-state index in [0.717, 1.165) is 0 Å². The second-order valence-electron chi connectivity index (χ2n) is 5.36. The number of nitrogens with one attached hydrogen (secondary N) is 1. The number of sulfone groups is 1. The van der Waals surface area contributed by atoms with Crippen LogP contribution in [0.2, 0.25) is 0 Å². The van der Waals surface area contributed by atoms with E-state index in [1.165, 1.54) is 17.0 Å². The van der Waals surface area contributed by atoms with Gasteiger partial charge >= 0.3 is 0 Å². The van der Waals surface area contributed by atoms with Crippen LogP contribution in [0.25, 0.3) is 10.9 Å². The second-order valence-corrected chi connectivity index (χ2v) is 7.59. The molecule has 1 aromatic carbocycles. The van der Waals surface area contributed by atoms with Crippen molar-refractivity contribution in [2.24, 2.45) is 0 Å². The molecule has 0 aliphatic carbocycles. The number of H-pyrrole nitrogens is 1. The van der Waals surface area contributed by atoms with Crippen LogP contribution in [-0.2, 0) is 9.84 Å². The average Bonchev–Trinajstić information content (AvgIpc) is 3.01. The molecule has 1 atom stereocenters. The first-order valence-corrected chi connectivity index (χ1v) is 8.44. The highest BCUT2D eigenvalue weighted by atomic mass is 32.2. The van der Waals surface area contributed by atoms with Gasteiger partial charge in [0.2, 0.25) is 0 Å². The van der Waals surface area contributed by atoms with E-state index < -0.39 is 15.7 Å². The summed E-state index contributed by atoms with van der Waals surface area (Å²) in [6, 6.07) is 5.73. The Morgan fingerprint density at radius 3 is 2.81 bits per heavy atom. The van der Waals surface area contributed by atoms with Gasteiger partial charge in [-0.1, -0.05) is 6.07 Å². The standard InChI is InChI=1S/C14H15FN2O3S/c1-17(9-5-6-21(19,20)8-9)14(18)13-7-10-11(15)3-2-4-12(10)16-13/h2-4,7,9,16H,5-6,8H2,1H3. The third-order valence-electron chi connectivity index (χ3n) is 3.92. The maximum Gasteiger partial charge on any atom is 0.270 e. The van der Waals surface area contributed by atoms with Crippen molar-refractivity contribution in [2.75, 3.05) is 18.6 Å². The molecule has 3 rings (SSSR count). The lowest BCUT2D eigenvalue weighted by Gasteiger charge is -2.22. The Labute approximate surface area is 121 Å². The fraction of sp³-hybridized carbons (Fsp3) is 0.357. The molecule has 0 saturated carbocycles. The third-order valence-corrected chi connectivity index (χ3v) is 5.67. The van der Waals surface area contributed by atoms with Crippen molar-refractivity contribution in [3.63, 3.8) is 0 Å². The lowest BCUT2D eigenvalue weighted by Crippen LogP contribution is -2.37. The Hall–Kier alpha value is -1.89. The van der Waals surface area contributed by atoms with E-state index in [1.54, 1.807) is 19.2 Å². The Balaban J connectivity index is 1.88. The minimum Gasteiger partial charge on any atom is -0.350 e. The quantitative estimate of drug-likeness (QED) is 0.915. The summed E-state index contributed by atoms with van der Waals surface area (Å²) >= 11 is 0. The number of amides is 1. The monoisotopic (exact) mass is 310 g/mol. The summed E-state index contributed by atoms with van der Waals surface area (Å²) in [6.07, 6.45) is 0.444. The average molecular weight is 310 g/mol. The number of hydrogen-bond acceptors (Lipinski definition) is 3. The van der Waals surface area contributed by atoms with E-state index in [1.807, 2.05) is 0 Å². The molecule has 2 aromatic rings. The van der Waals surface area contributed by atoms with Crippen LogP contribution in [0, 0.1) is 5.82 Å². The summed E-state index contributed by atoms with van der Waals surface area (Å²) in [7, 11) is -1.47. The van der Waals surface area contributed by atoms with Gasteiger partial charge in [-0.3, -0.25) is 4.79 Å². The summed E-state index contributed by atoms with van der Waals surface area (Å²) < 4.78 is 36.6. The highest BCUT2D eigenvalue weighted by molar-refractivity contribution is 7.91. The number of fused-ring (bicyclic) bond motifs is 1. The molecule has 1 fully saturated rings. The SMILES string of the molecule is CN(C(=O)c1cc2c(F)cccc2[nH]1)C1CCS(=O)(=O)C1. The maximum atomic E-state index is 13.6. The molecule has 1 aromatic heterocycles. The fourth-order valence-electron chi connectivity index (χ4n) is 2.67. The first kappa shape index (κ1) is 14.1. The fourth-order valence-corrected chi connectivity index (χ4v) is 4.44. The number of rotatable bonds is 2. The van der Waals surface area contributed by atoms with Crippen molar-refractivity contribution in [1.29, 1.82) is 0 Å². The van der Waals surface area contributed by atoms with E-state index in [9.17, 15) is 17.6 Å². The van der Waals surface area contributed by atoms with Gasteiger partial charge in [-0.15, -0.1) is 0 Å². The van der Waals surface area contributed by atoms with Crippen LogP contribution in [-0.4, -0.2) is 48.8 Å². The van der Waals surface area contributed by atoms with Crippen LogP contribution in [0.3, 0.4) is 0 Å². The number of carbonyl (C=O) groups excluding carboxylic acids is 1. The predicted octanol–water partition coefficient (Wildman–Crippen LogP) is 1.57. The van der Waals surface area contributed by atoms with Crippen LogP contribution < -0.4 is 0 Å². The molecule has 7 heteroatoms. The molecule has 1 aliphatic heterocycles. The van der Waals surface area contributed by atoms with Gasteiger partial charge in [0.15, 0.2) is 9.84 Å². The molecule has 112 valence electrons. The lowest BCUT2D eigenvalue weighted by atomic mass is 10.2. The Morgan fingerprint density at radius 2 is 2.19 bits per heavy atom. The molecule has 0 radical (unpaired) electrons. The van der Waals surface area contributed by atoms with Crippen LogP contribution in [0.4, 0.5) is 4.39 Å². The van der Waals surface area contributed by atoms with Crippen molar-refractivity contribution < 1.29 is 17.6 Å². The second kappa shape index (κ2) is 4.84. The Bertz CT molecular complexity index is 813. The molecule has 5 nitrogen and oxygen atoms in total. The molecule has 0 spiro atoms. The van der Waals surface area contributed by atoms with Gasteiger partial charge < -0.3 is 9.88 Å². The summed E-state index contributed by atoms with van der Waals surface area (Å²) in [5.74, 6) is -0.623. The van der Waals surface area contributed by atoms with Gasteiger partial charge in [-0.05, 0) is 24.6 Å². The first-order chi connectivity index (χ1) is 9.87. The van der Waals surface area contributed by atoms with Gasteiger partial charge in [0, 0.05) is 24.0 Å². The summed E-state index contributed by atoms with van der Waals surface area (Å²) in [5, 5.41) is 0.355. The van der Waals surface area contributed by atoms with Crippen molar-refractivity contribution >= 4 is 26.6 Å². The minimum absolute atomic E-state index is 0.0101. The van der Waals surface area contributed by atoms with Gasteiger partial charge in [0.05, 0.1) is 11.5 Å². The van der Waals surface area contributed by atoms with Crippen LogP contribution in [0.5, 0.6) is 0 Å². The van der Waals surface area contributed by atoms with Gasteiger partial charge in [-0.2, -0.15) is 0 Å². The highest BCUT2D eigenvalue weighted by Gasteiger charge is 2.33. The van der Waals surface area contributed by atoms with Gasteiger partial charge in [0.1, 0.15) is 11.5 Å². The van der Waals surface area contributed by atoms with Crippen molar-refractivity contribution in [3.05, 3.63) is 35.8 Å². The van der Waals surface area contributed by atoms with E-state index in [0.29, 0.717) is 17.3 Å². The molecule has 1 aliphatic rings. The van der Waals surface area contributed by atoms with Crippen LogP contribution >= 0.6 is 0 Å². The number of aromatic nitrogens is 1.